The highest BCUT2D eigenvalue weighted by Gasteiger charge is 2.14. The van der Waals surface area contributed by atoms with Gasteiger partial charge < -0.3 is 14.2 Å². The zero-order chi connectivity index (χ0) is 18.4. The first-order chi connectivity index (χ1) is 12.7. The van der Waals surface area contributed by atoms with Gasteiger partial charge in [-0.3, -0.25) is 9.78 Å². The Morgan fingerprint density at radius 2 is 2.00 bits per heavy atom. The summed E-state index contributed by atoms with van der Waals surface area (Å²) in [5, 5.41) is 4.02. The van der Waals surface area contributed by atoms with Crippen LogP contribution in [-0.4, -0.2) is 41.6 Å². The quantitative estimate of drug-likeness (QED) is 0.654. The molecule has 0 atom stereocenters. The van der Waals surface area contributed by atoms with E-state index in [2.05, 4.69) is 10.1 Å². The Morgan fingerprint density at radius 3 is 2.77 bits per heavy atom. The second-order valence-corrected chi connectivity index (χ2v) is 6.01. The molecule has 2 heterocycles. The third-order valence-electron chi connectivity index (χ3n) is 4.16. The summed E-state index contributed by atoms with van der Waals surface area (Å²) in [5.74, 6) is 1.36. The maximum Gasteiger partial charge on any atom is 0.228 e. The Kier molecular flexibility index (Phi) is 5.63. The third-order valence-corrected chi connectivity index (χ3v) is 4.16. The molecule has 0 aliphatic carbocycles. The second-order valence-electron chi connectivity index (χ2n) is 6.01. The van der Waals surface area contributed by atoms with Crippen molar-refractivity contribution in [2.45, 2.75) is 12.8 Å². The summed E-state index contributed by atoms with van der Waals surface area (Å²) < 4.78 is 10.6. The van der Waals surface area contributed by atoms with E-state index in [0.717, 1.165) is 23.3 Å². The van der Waals surface area contributed by atoms with Crippen LogP contribution in [0.15, 0.2) is 59.4 Å². The number of rotatable bonds is 7. The first-order valence-corrected chi connectivity index (χ1v) is 8.38. The molecule has 26 heavy (non-hydrogen) atoms. The van der Waals surface area contributed by atoms with Gasteiger partial charge in [0.05, 0.1) is 19.2 Å². The molecule has 0 aliphatic rings. The highest BCUT2D eigenvalue weighted by atomic mass is 16.5. The topological polar surface area (TPSA) is 68.5 Å². The van der Waals surface area contributed by atoms with Crippen molar-refractivity contribution >= 4 is 5.91 Å². The van der Waals surface area contributed by atoms with Crippen LogP contribution < -0.4 is 4.74 Å². The molecule has 0 aliphatic heterocycles. The molecule has 0 unspecified atom stereocenters. The van der Waals surface area contributed by atoms with E-state index in [4.69, 9.17) is 9.26 Å². The van der Waals surface area contributed by atoms with Crippen molar-refractivity contribution in [1.29, 1.82) is 0 Å². The largest absolute Gasteiger partial charge is 0.497 e. The van der Waals surface area contributed by atoms with Gasteiger partial charge in [0.25, 0.3) is 0 Å². The number of likely N-dealkylation sites (N-methyl/N-ethyl adjacent to an activating group) is 1. The summed E-state index contributed by atoms with van der Waals surface area (Å²) in [7, 11) is 3.41. The predicted molar refractivity (Wildman–Crippen MR) is 97.8 cm³/mol. The van der Waals surface area contributed by atoms with Crippen LogP contribution in [0.1, 0.15) is 11.3 Å². The van der Waals surface area contributed by atoms with Gasteiger partial charge in [-0.15, -0.1) is 0 Å². The standard InChI is InChI=1S/C20H21N3O3/c1-23(11-8-15-6-9-21-10-7-15)20(24)14-17-13-19(26-22-17)16-4-3-5-18(12-16)25-2/h3-7,9-10,12-13H,8,11,14H2,1-2H3. The molecule has 0 saturated heterocycles. The lowest BCUT2D eigenvalue weighted by molar-refractivity contribution is -0.129. The molecule has 6 heteroatoms. The zero-order valence-corrected chi connectivity index (χ0v) is 14.9. The van der Waals surface area contributed by atoms with Crippen molar-refractivity contribution in [2.24, 2.45) is 0 Å². The summed E-state index contributed by atoms with van der Waals surface area (Å²) in [4.78, 5) is 18.1. The van der Waals surface area contributed by atoms with Gasteiger partial charge in [-0.2, -0.15) is 0 Å². The number of ether oxygens (including phenoxy) is 1. The van der Waals surface area contributed by atoms with Crippen LogP contribution in [0.4, 0.5) is 0 Å². The lowest BCUT2D eigenvalue weighted by atomic mass is 10.1. The molecular formula is C20H21N3O3. The van der Waals surface area contributed by atoms with Crippen LogP contribution in [0.25, 0.3) is 11.3 Å². The summed E-state index contributed by atoms with van der Waals surface area (Å²) in [6.07, 6.45) is 4.51. The SMILES string of the molecule is COc1cccc(-c2cc(CC(=O)N(C)CCc3ccncc3)no2)c1. The number of methoxy groups -OCH3 is 1. The summed E-state index contributed by atoms with van der Waals surface area (Å²) >= 11 is 0. The van der Waals surface area contributed by atoms with E-state index in [1.54, 1.807) is 37.5 Å². The van der Waals surface area contributed by atoms with Gasteiger partial charge in [0.1, 0.15) is 5.75 Å². The van der Waals surface area contributed by atoms with Crippen molar-refractivity contribution in [2.75, 3.05) is 20.7 Å². The van der Waals surface area contributed by atoms with Crippen molar-refractivity contribution in [3.8, 4) is 17.1 Å². The Balaban J connectivity index is 1.58. The molecule has 2 aromatic heterocycles. The Bertz CT molecular complexity index is 862. The molecule has 6 nitrogen and oxygen atoms in total. The Morgan fingerprint density at radius 1 is 1.19 bits per heavy atom. The lowest BCUT2D eigenvalue weighted by Gasteiger charge is -2.16. The van der Waals surface area contributed by atoms with Gasteiger partial charge in [-0.25, -0.2) is 0 Å². The number of aromatic nitrogens is 2. The number of hydrogen-bond donors (Lipinski definition) is 0. The van der Waals surface area contributed by atoms with E-state index in [9.17, 15) is 4.79 Å². The van der Waals surface area contributed by atoms with Gasteiger partial charge in [0.15, 0.2) is 5.76 Å². The minimum absolute atomic E-state index is 0.00421. The van der Waals surface area contributed by atoms with E-state index < -0.39 is 0 Å². The van der Waals surface area contributed by atoms with Crippen molar-refractivity contribution < 1.29 is 14.1 Å². The third kappa shape index (κ3) is 4.47. The van der Waals surface area contributed by atoms with Crippen LogP contribution in [0.3, 0.4) is 0 Å². The number of amides is 1. The molecule has 3 aromatic rings. The summed E-state index contributed by atoms with van der Waals surface area (Å²) in [6.45, 7) is 0.642. The molecule has 0 bridgehead atoms. The molecule has 1 aromatic carbocycles. The first kappa shape index (κ1) is 17.7. The van der Waals surface area contributed by atoms with E-state index in [-0.39, 0.29) is 12.3 Å². The Labute approximate surface area is 152 Å². The van der Waals surface area contributed by atoms with E-state index in [1.165, 1.54) is 0 Å². The average molecular weight is 351 g/mol. The predicted octanol–water partition coefficient (Wildman–Crippen LogP) is 2.99. The molecule has 0 N–H and O–H groups in total. The fourth-order valence-electron chi connectivity index (χ4n) is 2.57. The minimum Gasteiger partial charge on any atom is -0.497 e. The van der Waals surface area contributed by atoms with Crippen molar-refractivity contribution in [3.05, 3.63) is 66.1 Å². The van der Waals surface area contributed by atoms with Crippen LogP contribution in [-0.2, 0) is 17.6 Å². The first-order valence-electron chi connectivity index (χ1n) is 8.38. The number of carbonyl (C=O) groups is 1. The van der Waals surface area contributed by atoms with Crippen LogP contribution in [0, 0.1) is 0 Å². The smallest absolute Gasteiger partial charge is 0.228 e. The Hall–Kier alpha value is -3.15. The summed E-state index contributed by atoms with van der Waals surface area (Å²) in [6, 6.07) is 13.2. The van der Waals surface area contributed by atoms with Crippen molar-refractivity contribution in [1.82, 2.24) is 15.0 Å². The number of carbonyl (C=O) groups excluding carboxylic acids is 1. The molecule has 0 radical (unpaired) electrons. The molecule has 1 amide bonds. The van der Waals surface area contributed by atoms with Crippen molar-refractivity contribution in [3.63, 3.8) is 0 Å². The van der Waals surface area contributed by atoms with E-state index in [1.807, 2.05) is 36.4 Å². The molecule has 3 rings (SSSR count). The molecule has 0 fully saturated rings. The van der Waals surface area contributed by atoms with Gasteiger partial charge in [-0.1, -0.05) is 17.3 Å². The fourth-order valence-corrected chi connectivity index (χ4v) is 2.57. The van der Waals surface area contributed by atoms with Gasteiger partial charge in [-0.05, 0) is 36.2 Å². The maximum absolute atomic E-state index is 12.4. The number of benzene rings is 1. The van der Waals surface area contributed by atoms with Gasteiger partial charge >= 0.3 is 0 Å². The maximum atomic E-state index is 12.4. The lowest BCUT2D eigenvalue weighted by Crippen LogP contribution is -2.30. The van der Waals surface area contributed by atoms with Gasteiger partial charge in [0.2, 0.25) is 5.91 Å². The van der Waals surface area contributed by atoms with Crippen LogP contribution in [0.2, 0.25) is 0 Å². The number of nitrogens with zero attached hydrogens (tertiary/aromatic N) is 3. The fraction of sp³-hybridized carbons (Fsp3) is 0.250. The molecular weight excluding hydrogens is 330 g/mol. The normalized spacial score (nSPS) is 10.5. The second kappa shape index (κ2) is 8.29. The average Bonchev–Trinajstić information content (AvgIpc) is 3.15. The van der Waals surface area contributed by atoms with E-state index in [0.29, 0.717) is 18.0 Å². The molecule has 0 saturated carbocycles. The molecule has 134 valence electrons. The molecule has 0 spiro atoms. The van der Waals surface area contributed by atoms with Gasteiger partial charge in [0, 0.05) is 37.6 Å². The summed E-state index contributed by atoms with van der Waals surface area (Å²) in [5.41, 5.74) is 2.63. The van der Waals surface area contributed by atoms with Crippen LogP contribution >= 0.6 is 0 Å². The zero-order valence-electron chi connectivity index (χ0n) is 14.9. The highest BCUT2D eigenvalue weighted by Crippen LogP contribution is 2.24. The number of pyridine rings is 1. The van der Waals surface area contributed by atoms with Crippen LogP contribution in [0.5, 0.6) is 5.75 Å². The highest BCUT2D eigenvalue weighted by molar-refractivity contribution is 5.78. The number of hydrogen-bond acceptors (Lipinski definition) is 5. The monoisotopic (exact) mass is 351 g/mol. The minimum atomic E-state index is 0.00421. The van der Waals surface area contributed by atoms with E-state index >= 15 is 0 Å².